The number of nitrogens with zero attached hydrogens (tertiary/aromatic N) is 2. The fraction of sp³-hybridized carbons (Fsp3) is 0.278. The Bertz CT molecular complexity index is 1750. The summed E-state index contributed by atoms with van der Waals surface area (Å²) in [6.45, 7) is 6.89. The Kier molecular flexibility index (Phi) is 11.9. The van der Waals surface area contributed by atoms with E-state index in [-0.39, 0.29) is 29.8 Å². The highest BCUT2D eigenvalue weighted by molar-refractivity contribution is 7.92. The molecule has 0 spiro atoms. The minimum Gasteiger partial charge on any atom is -0.352 e. The van der Waals surface area contributed by atoms with E-state index in [1.54, 1.807) is 48.5 Å². The molecular weight excluding hydrogens is 641 g/mol. The lowest BCUT2D eigenvalue weighted by molar-refractivity contribution is -0.140. The predicted molar refractivity (Wildman–Crippen MR) is 186 cm³/mol. The molecule has 0 fully saturated rings. The molecule has 0 aromatic heterocycles. The van der Waals surface area contributed by atoms with Gasteiger partial charge in [0.05, 0.1) is 10.6 Å². The molecule has 0 unspecified atom stereocenters. The maximum Gasteiger partial charge on any atom is 0.264 e. The number of nitrogens with one attached hydrogen (secondary N) is 1. The van der Waals surface area contributed by atoms with Gasteiger partial charge in [0.15, 0.2) is 0 Å². The van der Waals surface area contributed by atoms with Crippen LogP contribution in [-0.2, 0) is 32.6 Å². The SMILES string of the molecule is CC[C@@H](C)NC(=O)[C@H](Cc1ccccc1)N(Cc1c(Cl)cccc1Cl)C(=O)CN(c1cccc(C)c1)S(=O)(=O)c1ccc(C)cc1. The second-order valence-electron chi connectivity index (χ2n) is 11.4. The summed E-state index contributed by atoms with van der Waals surface area (Å²) in [6, 6.07) is 26.7. The predicted octanol–water partition coefficient (Wildman–Crippen LogP) is 7.36. The highest BCUT2D eigenvalue weighted by atomic mass is 35.5. The first-order valence-electron chi connectivity index (χ1n) is 15.1. The molecule has 46 heavy (non-hydrogen) atoms. The van der Waals surface area contributed by atoms with Crippen LogP contribution in [-0.4, -0.2) is 43.8 Å². The molecule has 2 amide bonds. The molecule has 0 aliphatic carbocycles. The van der Waals surface area contributed by atoms with E-state index in [0.29, 0.717) is 27.7 Å². The normalized spacial score (nSPS) is 12.7. The van der Waals surface area contributed by atoms with Gasteiger partial charge in [0.2, 0.25) is 11.8 Å². The smallest absolute Gasteiger partial charge is 0.264 e. The summed E-state index contributed by atoms with van der Waals surface area (Å²) in [5.41, 5.74) is 3.34. The molecule has 0 radical (unpaired) electrons. The lowest BCUT2D eigenvalue weighted by Gasteiger charge is -2.34. The average Bonchev–Trinajstić information content (AvgIpc) is 3.03. The minimum atomic E-state index is -4.20. The fourth-order valence-corrected chi connectivity index (χ4v) is 6.92. The Labute approximate surface area is 282 Å². The van der Waals surface area contributed by atoms with Crippen LogP contribution in [0.25, 0.3) is 0 Å². The Balaban J connectivity index is 1.84. The van der Waals surface area contributed by atoms with Crippen molar-refractivity contribution in [2.24, 2.45) is 0 Å². The molecule has 242 valence electrons. The quantitative estimate of drug-likeness (QED) is 0.160. The number of hydrogen-bond acceptors (Lipinski definition) is 4. The van der Waals surface area contributed by atoms with Crippen LogP contribution >= 0.6 is 23.2 Å². The third-order valence-electron chi connectivity index (χ3n) is 7.84. The summed E-state index contributed by atoms with van der Waals surface area (Å²) in [5, 5.41) is 3.68. The van der Waals surface area contributed by atoms with Gasteiger partial charge in [-0.2, -0.15) is 0 Å². The zero-order chi connectivity index (χ0) is 33.4. The van der Waals surface area contributed by atoms with Crippen molar-refractivity contribution < 1.29 is 18.0 Å². The number of sulfonamides is 1. The highest BCUT2D eigenvalue weighted by Gasteiger charge is 2.35. The van der Waals surface area contributed by atoms with E-state index in [1.165, 1.54) is 17.0 Å². The van der Waals surface area contributed by atoms with Crippen LogP contribution in [0.4, 0.5) is 5.69 Å². The summed E-state index contributed by atoms with van der Waals surface area (Å²) in [7, 11) is -4.20. The fourth-order valence-electron chi connectivity index (χ4n) is 5.00. The first-order chi connectivity index (χ1) is 21.9. The topological polar surface area (TPSA) is 86.8 Å². The third kappa shape index (κ3) is 8.69. The molecule has 0 bridgehead atoms. The van der Waals surface area contributed by atoms with Gasteiger partial charge in [-0.05, 0) is 74.7 Å². The van der Waals surface area contributed by atoms with Gasteiger partial charge in [-0.25, -0.2) is 8.42 Å². The molecular formula is C36H39Cl2N3O4S. The van der Waals surface area contributed by atoms with Crippen molar-refractivity contribution >= 4 is 50.7 Å². The van der Waals surface area contributed by atoms with Gasteiger partial charge in [0.25, 0.3) is 10.0 Å². The van der Waals surface area contributed by atoms with Crippen molar-refractivity contribution in [2.45, 2.75) is 64.1 Å². The summed E-state index contributed by atoms with van der Waals surface area (Å²) in [5.74, 6) is -0.952. The van der Waals surface area contributed by atoms with Crippen LogP contribution in [0.5, 0.6) is 0 Å². The van der Waals surface area contributed by atoms with Crippen LogP contribution in [0.1, 0.15) is 42.5 Å². The zero-order valence-electron chi connectivity index (χ0n) is 26.4. The molecule has 7 nitrogen and oxygen atoms in total. The van der Waals surface area contributed by atoms with Crippen molar-refractivity contribution in [1.29, 1.82) is 0 Å². The average molecular weight is 681 g/mol. The molecule has 1 N–H and O–H groups in total. The minimum absolute atomic E-state index is 0.0449. The molecule has 10 heteroatoms. The first-order valence-corrected chi connectivity index (χ1v) is 17.3. The van der Waals surface area contributed by atoms with Gasteiger partial charge in [0, 0.05) is 34.6 Å². The molecule has 2 atom stereocenters. The molecule has 4 rings (SSSR count). The Morgan fingerprint density at radius 3 is 2.07 bits per heavy atom. The number of aryl methyl sites for hydroxylation is 2. The van der Waals surface area contributed by atoms with E-state index in [1.807, 2.05) is 64.1 Å². The lowest BCUT2D eigenvalue weighted by atomic mass is 10.0. The largest absolute Gasteiger partial charge is 0.352 e. The third-order valence-corrected chi connectivity index (χ3v) is 10.3. The van der Waals surface area contributed by atoms with E-state index >= 15 is 0 Å². The van der Waals surface area contributed by atoms with Crippen LogP contribution in [0, 0.1) is 13.8 Å². The molecule has 0 saturated carbocycles. The molecule has 0 heterocycles. The maximum atomic E-state index is 14.6. The van der Waals surface area contributed by atoms with E-state index in [0.717, 1.165) is 21.0 Å². The number of hydrogen-bond donors (Lipinski definition) is 1. The van der Waals surface area contributed by atoms with Crippen LogP contribution in [0.15, 0.2) is 102 Å². The second-order valence-corrected chi connectivity index (χ2v) is 14.1. The summed E-state index contributed by atoms with van der Waals surface area (Å²) in [6.07, 6.45) is 0.871. The van der Waals surface area contributed by atoms with E-state index < -0.39 is 28.5 Å². The monoisotopic (exact) mass is 679 g/mol. The second kappa shape index (κ2) is 15.6. The Morgan fingerprint density at radius 2 is 1.46 bits per heavy atom. The van der Waals surface area contributed by atoms with E-state index in [4.69, 9.17) is 23.2 Å². The summed E-state index contributed by atoms with van der Waals surface area (Å²) < 4.78 is 29.5. The van der Waals surface area contributed by atoms with Crippen molar-refractivity contribution in [3.8, 4) is 0 Å². The lowest BCUT2D eigenvalue weighted by Crippen LogP contribution is -2.54. The molecule has 0 aliphatic heterocycles. The van der Waals surface area contributed by atoms with Crippen LogP contribution in [0.2, 0.25) is 10.0 Å². The van der Waals surface area contributed by atoms with E-state index in [9.17, 15) is 18.0 Å². The van der Waals surface area contributed by atoms with Crippen molar-refractivity contribution in [3.05, 3.63) is 129 Å². The number of amides is 2. The molecule has 4 aromatic rings. The number of anilines is 1. The van der Waals surface area contributed by atoms with Gasteiger partial charge in [0.1, 0.15) is 12.6 Å². The van der Waals surface area contributed by atoms with Crippen molar-refractivity contribution in [1.82, 2.24) is 10.2 Å². The van der Waals surface area contributed by atoms with Gasteiger partial charge in [-0.15, -0.1) is 0 Å². The number of carbonyl (C=O) groups excluding carboxylic acids is 2. The van der Waals surface area contributed by atoms with Gasteiger partial charge < -0.3 is 10.2 Å². The number of rotatable bonds is 13. The van der Waals surface area contributed by atoms with Crippen LogP contribution in [0.3, 0.4) is 0 Å². The number of carbonyl (C=O) groups is 2. The summed E-state index contributed by atoms with van der Waals surface area (Å²) in [4.78, 5) is 30.0. The highest BCUT2D eigenvalue weighted by Crippen LogP contribution is 2.29. The molecule has 0 aliphatic rings. The van der Waals surface area contributed by atoms with Crippen molar-refractivity contribution in [3.63, 3.8) is 0 Å². The van der Waals surface area contributed by atoms with Gasteiger partial charge >= 0.3 is 0 Å². The zero-order valence-corrected chi connectivity index (χ0v) is 28.7. The Morgan fingerprint density at radius 1 is 0.826 bits per heavy atom. The summed E-state index contributed by atoms with van der Waals surface area (Å²) >= 11 is 13.2. The maximum absolute atomic E-state index is 14.6. The molecule has 0 saturated heterocycles. The first kappa shape index (κ1) is 35.0. The van der Waals surface area contributed by atoms with Gasteiger partial charge in [-0.1, -0.05) is 96.4 Å². The molecule has 4 aromatic carbocycles. The standard InChI is InChI=1S/C36H39Cl2N3O4S/c1-5-27(4)39-36(43)34(22-28-12-7-6-8-13-28)40(23-31-32(37)15-10-16-33(31)38)35(42)24-41(29-14-9-11-26(3)21-29)46(44,45)30-19-17-25(2)18-20-30/h6-21,27,34H,5,22-24H2,1-4H3,(H,39,43)/t27-,34+/m1/s1. The van der Waals surface area contributed by atoms with Gasteiger partial charge in [-0.3, -0.25) is 13.9 Å². The Hall–Kier alpha value is -3.85. The number of benzene rings is 4. The van der Waals surface area contributed by atoms with Crippen molar-refractivity contribution in [2.75, 3.05) is 10.8 Å². The number of halogens is 2. The van der Waals surface area contributed by atoms with Crippen LogP contribution < -0.4 is 9.62 Å². The van der Waals surface area contributed by atoms with E-state index in [2.05, 4.69) is 5.32 Å².